The van der Waals surface area contributed by atoms with Crippen molar-refractivity contribution in [2.75, 3.05) is 20.8 Å². The Morgan fingerprint density at radius 2 is 1.59 bits per heavy atom. The van der Waals surface area contributed by atoms with Gasteiger partial charge in [-0.2, -0.15) is 7.11 Å². The zero-order valence-corrected chi connectivity index (χ0v) is 13.6. The second-order valence-electron chi connectivity index (χ2n) is 2.35. The molecular formula is C10H24NNaO5. The number of amides is 1. The number of carbonyl (C=O) groups is 2. The number of carbonyl (C=O) groups excluding carboxylic acids is 2. The molecule has 0 aromatic rings. The Balaban J connectivity index is -0.0000000594. The van der Waals surface area contributed by atoms with E-state index in [1.165, 1.54) is 6.92 Å². The molecule has 0 atom stereocenters. The van der Waals surface area contributed by atoms with Crippen LogP contribution < -0.4 is 34.7 Å². The van der Waals surface area contributed by atoms with Gasteiger partial charge >= 0.3 is 29.6 Å². The van der Waals surface area contributed by atoms with E-state index < -0.39 is 0 Å². The molecule has 17 heavy (non-hydrogen) atoms. The van der Waals surface area contributed by atoms with Crippen LogP contribution in [0.3, 0.4) is 0 Å². The van der Waals surface area contributed by atoms with Crippen LogP contribution in [0, 0.1) is 0 Å². The quantitative estimate of drug-likeness (QED) is 0.240. The van der Waals surface area contributed by atoms with Gasteiger partial charge in [-0.1, -0.05) is 19.8 Å². The van der Waals surface area contributed by atoms with E-state index >= 15 is 0 Å². The van der Waals surface area contributed by atoms with Crippen molar-refractivity contribution in [1.29, 1.82) is 0 Å². The third-order valence-corrected chi connectivity index (χ3v) is 1.34. The zero-order valence-electron chi connectivity index (χ0n) is 11.6. The average Bonchev–Trinajstić information content (AvgIpc) is 2.36. The summed E-state index contributed by atoms with van der Waals surface area (Å²) >= 11 is 0. The predicted molar refractivity (Wildman–Crippen MR) is 59.9 cm³/mol. The van der Waals surface area contributed by atoms with E-state index in [0.29, 0.717) is 6.54 Å². The molecule has 0 bridgehead atoms. The summed E-state index contributed by atoms with van der Waals surface area (Å²) < 4.78 is 0. The SMILES string of the molecule is C=O.CCCCCN(O)C(C)=O.CO.C[O-].[Na+]. The van der Waals surface area contributed by atoms with Gasteiger partial charge in [0.25, 0.3) is 0 Å². The summed E-state index contributed by atoms with van der Waals surface area (Å²) in [6.45, 7) is 5.89. The van der Waals surface area contributed by atoms with Gasteiger partial charge in [-0.3, -0.25) is 10.0 Å². The van der Waals surface area contributed by atoms with Crippen molar-refractivity contribution in [1.82, 2.24) is 5.06 Å². The molecule has 0 saturated heterocycles. The molecule has 0 saturated carbocycles. The number of aliphatic hydroxyl groups excluding tert-OH is 1. The maximum Gasteiger partial charge on any atom is 1.00 e. The van der Waals surface area contributed by atoms with Gasteiger partial charge in [0.2, 0.25) is 5.91 Å². The molecule has 0 heterocycles. The molecule has 0 spiro atoms. The number of hydrogen-bond acceptors (Lipinski definition) is 5. The van der Waals surface area contributed by atoms with Gasteiger partial charge in [0.1, 0.15) is 6.79 Å². The summed E-state index contributed by atoms with van der Waals surface area (Å²) in [6, 6.07) is 0. The van der Waals surface area contributed by atoms with Crippen molar-refractivity contribution >= 4 is 12.7 Å². The number of hydrogen-bond donors (Lipinski definition) is 2. The third kappa shape index (κ3) is 38.7. The van der Waals surface area contributed by atoms with Gasteiger partial charge in [0.15, 0.2) is 0 Å². The standard InChI is InChI=1S/C7H15NO2.CH4O.CH3O.CH2O.Na/c1-3-4-5-6-8(10)7(2)9;3*1-2;/h10H,3-6H2,1-2H3;2H,1H3;1H3;1H2;/q;;-1;;+1. The Hall–Kier alpha value is 0.0200. The van der Waals surface area contributed by atoms with E-state index in [9.17, 15) is 4.79 Å². The fraction of sp³-hybridized carbons (Fsp3) is 0.800. The number of nitrogens with zero attached hydrogens (tertiary/aromatic N) is 1. The van der Waals surface area contributed by atoms with E-state index in [1.807, 2.05) is 6.79 Å². The first-order valence-corrected chi connectivity index (χ1v) is 4.80. The minimum absolute atomic E-state index is 0. The summed E-state index contributed by atoms with van der Waals surface area (Å²) in [5, 5.41) is 24.8. The van der Waals surface area contributed by atoms with Crippen LogP contribution in [0.1, 0.15) is 33.1 Å². The second-order valence-corrected chi connectivity index (χ2v) is 2.35. The van der Waals surface area contributed by atoms with Gasteiger partial charge in [0, 0.05) is 20.6 Å². The van der Waals surface area contributed by atoms with Crippen molar-refractivity contribution in [2.45, 2.75) is 33.1 Å². The van der Waals surface area contributed by atoms with Crippen LogP contribution in [0.25, 0.3) is 0 Å². The molecule has 0 radical (unpaired) electrons. The maximum atomic E-state index is 10.4. The first-order valence-electron chi connectivity index (χ1n) is 4.80. The topological polar surface area (TPSA) is 101 Å². The molecule has 0 aliphatic heterocycles. The zero-order chi connectivity index (χ0) is 14.0. The molecule has 1 amide bonds. The van der Waals surface area contributed by atoms with Crippen molar-refractivity contribution < 1.29 is 54.6 Å². The fourth-order valence-corrected chi connectivity index (χ4v) is 0.669. The number of hydroxylamine groups is 2. The first-order chi connectivity index (χ1) is 7.68. The molecule has 0 aliphatic rings. The summed E-state index contributed by atoms with van der Waals surface area (Å²) in [4.78, 5) is 18.4. The van der Waals surface area contributed by atoms with Crippen molar-refractivity contribution in [3.8, 4) is 0 Å². The molecule has 6 nitrogen and oxygen atoms in total. The minimum atomic E-state index is -0.281. The number of unbranched alkanes of at least 4 members (excludes halogenated alkanes) is 2. The van der Waals surface area contributed by atoms with Crippen LogP contribution in [0.15, 0.2) is 0 Å². The van der Waals surface area contributed by atoms with Gasteiger partial charge < -0.3 is 15.0 Å². The smallest absolute Gasteiger partial charge is 0.857 e. The molecule has 0 rings (SSSR count). The van der Waals surface area contributed by atoms with Crippen LogP contribution in [-0.2, 0) is 9.59 Å². The summed E-state index contributed by atoms with van der Waals surface area (Å²) in [5.74, 6) is -0.281. The van der Waals surface area contributed by atoms with Crippen molar-refractivity contribution in [3.63, 3.8) is 0 Å². The van der Waals surface area contributed by atoms with E-state index in [0.717, 1.165) is 38.5 Å². The van der Waals surface area contributed by atoms with Crippen LogP contribution in [0.5, 0.6) is 0 Å². The van der Waals surface area contributed by atoms with Gasteiger partial charge in [-0.25, -0.2) is 5.06 Å². The Kier molecular flexibility index (Phi) is 64.0. The van der Waals surface area contributed by atoms with Gasteiger partial charge in [-0.15, -0.1) is 0 Å². The summed E-state index contributed by atoms with van der Waals surface area (Å²) in [5.41, 5.74) is 0. The summed E-state index contributed by atoms with van der Waals surface area (Å²) in [7, 11) is 1.75. The Labute approximate surface area is 126 Å². The normalized spacial score (nSPS) is 6.53. The number of rotatable bonds is 4. The average molecular weight is 261 g/mol. The Morgan fingerprint density at radius 1 is 1.24 bits per heavy atom. The van der Waals surface area contributed by atoms with Gasteiger partial charge in [0.05, 0.1) is 0 Å². The Morgan fingerprint density at radius 3 is 1.82 bits per heavy atom. The van der Waals surface area contributed by atoms with Crippen molar-refractivity contribution in [2.24, 2.45) is 0 Å². The van der Waals surface area contributed by atoms with E-state index in [-0.39, 0.29) is 35.5 Å². The molecule has 0 aliphatic carbocycles. The van der Waals surface area contributed by atoms with E-state index in [2.05, 4.69) is 6.92 Å². The fourth-order valence-electron chi connectivity index (χ4n) is 0.669. The second kappa shape index (κ2) is 36.0. The molecule has 0 fully saturated rings. The van der Waals surface area contributed by atoms with Crippen molar-refractivity contribution in [3.05, 3.63) is 0 Å². The van der Waals surface area contributed by atoms with Crippen LogP contribution in [0.2, 0.25) is 0 Å². The first kappa shape index (κ1) is 30.2. The number of aliphatic hydroxyl groups is 1. The molecule has 2 N–H and O–H groups in total. The summed E-state index contributed by atoms with van der Waals surface area (Å²) in [6.07, 6.45) is 3.04. The molecule has 0 aromatic carbocycles. The Bertz CT molecular complexity index is 127. The largest absolute Gasteiger partial charge is 1.00 e. The molecule has 100 valence electrons. The molecule has 7 heteroatoms. The van der Waals surface area contributed by atoms with Crippen LogP contribution in [0.4, 0.5) is 0 Å². The monoisotopic (exact) mass is 261 g/mol. The van der Waals surface area contributed by atoms with Crippen LogP contribution in [-0.4, -0.2) is 48.8 Å². The minimum Gasteiger partial charge on any atom is -0.857 e. The third-order valence-electron chi connectivity index (χ3n) is 1.34. The van der Waals surface area contributed by atoms with Gasteiger partial charge in [-0.05, 0) is 6.42 Å². The van der Waals surface area contributed by atoms with E-state index in [4.69, 9.17) is 20.2 Å². The maximum absolute atomic E-state index is 10.4. The van der Waals surface area contributed by atoms with Crippen LogP contribution >= 0.6 is 0 Å². The molecule has 0 aromatic heterocycles. The molecular weight excluding hydrogens is 237 g/mol. The predicted octanol–water partition coefficient (Wildman–Crippen LogP) is -3.18. The van der Waals surface area contributed by atoms with E-state index in [1.54, 1.807) is 0 Å². The molecule has 0 unspecified atom stereocenters.